The van der Waals surface area contributed by atoms with Crippen LogP contribution in [0.4, 0.5) is 0 Å². The maximum Gasteiger partial charge on any atom is 0.241 e. The van der Waals surface area contributed by atoms with Crippen LogP contribution >= 0.6 is 11.3 Å². The second-order valence-corrected chi connectivity index (χ2v) is 5.03. The first-order valence-electron chi connectivity index (χ1n) is 5.66. The smallest absolute Gasteiger partial charge is 0.241 e. The van der Waals surface area contributed by atoms with Gasteiger partial charge in [0.1, 0.15) is 6.04 Å². The molecule has 2 aromatic rings. The van der Waals surface area contributed by atoms with Crippen LogP contribution in [0.15, 0.2) is 35.7 Å². The number of nitrogens with zero attached hydrogens (tertiary/aromatic N) is 1. The van der Waals surface area contributed by atoms with Crippen molar-refractivity contribution in [3.05, 3.63) is 52.0 Å². The van der Waals surface area contributed by atoms with Crippen molar-refractivity contribution in [1.29, 1.82) is 0 Å². The molecule has 0 aliphatic carbocycles. The van der Waals surface area contributed by atoms with Gasteiger partial charge in [-0.15, -0.1) is 11.3 Å². The Morgan fingerprint density at radius 1 is 1.44 bits per heavy atom. The highest BCUT2D eigenvalue weighted by molar-refractivity contribution is 7.09. The number of amides is 1. The molecule has 0 aliphatic rings. The Hall–Kier alpha value is -1.72. The molecular formula is C13H15N3OS. The second-order valence-electron chi connectivity index (χ2n) is 3.96. The number of aryl methyl sites for hydroxylation is 1. The SMILES string of the molecule is Cc1nc(CNC(=O)[C@@H](N)c2ccccc2)cs1. The summed E-state index contributed by atoms with van der Waals surface area (Å²) in [5.74, 6) is -0.188. The molecule has 1 aromatic heterocycles. The average molecular weight is 261 g/mol. The number of aromatic nitrogens is 1. The molecule has 0 unspecified atom stereocenters. The average Bonchev–Trinajstić information content (AvgIpc) is 2.82. The minimum Gasteiger partial charge on any atom is -0.349 e. The predicted octanol–water partition coefficient (Wildman–Crippen LogP) is 1.77. The van der Waals surface area contributed by atoms with Gasteiger partial charge in [-0.3, -0.25) is 4.79 Å². The number of carbonyl (C=O) groups is 1. The Morgan fingerprint density at radius 3 is 2.78 bits per heavy atom. The van der Waals surface area contributed by atoms with Gasteiger partial charge in [-0.1, -0.05) is 30.3 Å². The molecule has 4 nitrogen and oxygen atoms in total. The van der Waals surface area contributed by atoms with Gasteiger partial charge in [0, 0.05) is 5.38 Å². The fourth-order valence-electron chi connectivity index (χ4n) is 1.59. The molecule has 0 fully saturated rings. The van der Waals surface area contributed by atoms with Crippen LogP contribution in [0.1, 0.15) is 22.3 Å². The van der Waals surface area contributed by atoms with Gasteiger partial charge in [-0.2, -0.15) is 0 Å². The quantitative estimate of drug-likeness (QED) is 0.881. The van der Waals surface area contributed by atoms with E-state index >= 15 is 0 Å². The third kappa shape index (κ3) is 3.15. The van der Waals surface area contributed by atoms with Gasteiger partial charge < -0.3 is 11.1 Å². The zero-order valence-electron chi connectivity index (χ0n) is 10.1. The molecule has 1 amide bonds. The van der Waals surface area contributed by atoms with Crippen LogP contribution in [0.25, 0.3) is 0 Å². The third-order valence-electron chi connectivity index (χ3n) is 2.55. The first-order valence-corrected chi connectivity index (χ1v) is 6.54. The first-order chi connectivity index (χ1) is 8.66. The summed E-state index contributed by atoms with van der Waals surface area (Å²) in [5.41, 5.74) is 7.55. The van der Waals surface area contributed by atoms with E-state index in [0.29, 0.717) is 6.54 Å². The van der Waals surface area contributed by atoms with E-state index in [1.165, 1.54) is 0 Å². The van der Waals surface area contributed by atoms with E-state index in [9.17, 15) is 4.79 Å². The molecule has 1 aromatic carbocycles. The van der Waals surface area contributed by atoms with Crippen LogP contribution in [-0.2, 0) is 11.3 Å². The maximum absolute atomic E-state index is 11.9. The maximum atomic E-state index is 11.9. The lowest BCUT2D eigenvalue weighted by molar-refractivity contribution is -0.122. The molecule has 0 radical (unpaired) electrons. The summed E-state index contributed by atoms with van der Waals surface area (Å²) >= 11 is 1.57. The molecule has 0 spiro atoms. The van der Waals surface area contributed by atoms with Gasteiger partial charge in [0.2, 0.25) is 5.91 Å². The summed E-state index contributed by atoms with van der Waals surface area (Å²) in [6.45, 7) is 2.36. The highest BCUT2D eigenvalue weighted by atomic mass is 32.1. The van der Waals surface area contributed by atoms with Gasteiger partial charge in [-0.25, -0.2) is 4.98 Å². The number of nitrogens with one attached hydrogen (secondary N) is 1. The van der Waals surface area contributed by atoms with Gasteiger partial charge in [-0.05, 0) is 12.5 Å². The zero-order valence-corrected chi connectivity index (χ0v) is 10.9. The molecule has 3 N–H and O–H groups in total. The molecule has 0 aliphatic heterocycles. The van der Waals surface area contributed by atoms with Crippen molar-refractivity contribution in [3.8, 4) is 0 Å². The van der Waals surface area contributed by atoms with Gasteiger partial charge >= 0.3 is 0 Å². The van der Waals surface area contributed by atoms with E-state index in [1.807, 2.05) is 42.6 Å². The fourth-order valence-corrected chi connectivity index (χ4v) is 2.20. The van der Waals surface area contributed by atoms with Crippen LogP contribution in [0.3, 0.4) is 0 Å². The molecule has 0 saturated carbocycles. The molecule has 0 saturated heterocycles. The lowest BCUT2D eigenvalue weighted by Crippen LogP contribution is -2.33. The third-order valence-corrected chi connectivity index (χ3v) is 3.37. The van der Waals surface area contributed by atoms with Crippen LogP contribution in [0.2, 0.25) is 0 Å². The van der Waals surface area contributed by atoms with Crippen molar-refractivity contribution in [2.45, 2.75) is 19.5 Å². The van der Waals surface area contributed by atoms with Crippen LogP contribution in [0, 0.1) is 6.92 Å². The topological polar surface area (TPSA) is 68.0 Å². The number of benzene rings is 1. The zero-order chi connectivity index (χ0) is 13.0. The Morgan fingerprint density at radius 2 is 2.17 bits per heavy atom. The van der Waals surface area contributed by atoms with Crippen molar-refractivity contribution in [1.82, 2.24) is 10.3 Å². The summed E-state index contributed by atoms with van der Waals surface area (Å²) in [6.07, 6.45) is 0. The number of carbonyl (C=O) groups excluding carboxylic acids is 1. The lowest BCUT2D eigenvalue weighted by atomic mass is 10.1. The lowest BCUT2D eigenvalue weighted by Gasteiger charge is -2.11. The summed E-state index contributed by atoms with van der Waals surface area (Å²) in [4.78, 5) is 16.1. The minimum absolute atomic E-state index is 0.188. The van der Waals surface area contributed by atoms with Crippen LogP contribution in [-0.4, -0.2) is 10.9 Å². The molecular weight excluding hydrogens is 246 g/mol. The van der Waals surface area contributed by atoms with Gasteiger partial charge in [0.05, 0.1) is 17.2 Å². The van der Waals surface area contributed by atoms with Crippen molar-refractivity contribution >= 4 is 17.2 Å². The Bertz CT molecular complexity index is 524. The summed E-state index contributed by atoms with van der Waals surface area (Å²) in [5, 5.41) is 5.72. The first kappa shape index (κ1) is 12.7. The van der Waals surface area contributed by atoms with E-state index in [2.05, 4.69) is 10.3 Å². The second kappa shape index (κ2) is 5.75. The number of rotatable bonds is 4. The Balaban J connectivity index is 1.92. The number of hydrogen-bond acceptors (Lipinski definition) is 4. The number of nitrogens with two attached hydrogens (primary N) is 1. The molecule has 0 bridgehead atoms. The van der Waals surface area contributed by atoms with Crippen molar-refractivity contribution in [3.63, 3.8) is 0 Å². The van der Waals surface area contributed by atoms with E-state index in [-0.39, 0.29) is 5.91 Å². The van der Waals surface area contributed by atoms with Gasteiger partial charge in [0.25, 0.3) is 0 Å². The highest BCUT2D eigenvalue weighted by Gasteiger charge is 2.15. The standard InChI is InChI=1S/C13H15N3OS/c1-9-16-11(8-18-9)7-15-13(17)12(14)10-5-3-2-4-6-10/h2-6,8,12H,7,14H2,1H3,(H,15,17)/t12-/m0/s1. The largest absolute Gasteiger partial charge is 0.349 e. The van der Waals surface area contributed by atoms with Crippen LogP contribution < -0.4 is 11.1 Å². The Kier molecular flexibility index (Phi) is 4.07. The minimum atomic E-state index is -0.633. The van der Waals surface area contributed by atoms with E-state index < -0.39 is 6.04 Å². The Labute approximate surface area is 110 Å². The van der Waals surface area contributed by atoms with E-state index in [1.54, 1.807) is 11.3 Å². The summed E-state index contributed by atoms with van der Waals surface area (Å²) < 4.78 is 0. The summed E-state index contributed by atoms with van der Waals surface area (Å²) in [6, 6.07) is 8.69. The predicted molar refractivity (Wildman–Crippen MR) is 72.1 cm³/mol. The molecule has 5 heteroatoms. The van der Waals surface area contributed by atoms with Crippen molar-refractivity contribution < 1.29 is 4.79 Å². The van der Waals surface area contributed by atoms with Crippen molar-refractivity contribution in [2.75, 3.05) is 0 Å². The molecule has 1 heterocycles. The van der Waals surface area contributed by atoms with E-state index in [4.69, 9.17) is 5.73 Å². The monoisotopic (exact) mass is 261 g/mol. The molecule has 1 atom stereocenters. The fraction of sp³-hybridized carbons (Fsp3) is 0.231. The number of thiazole rings is 1. The van der Waals surface area contributed by atoms with Crippen LogP contribution in [0.5, 0.6) is 0 Å². The molecule has 18 heavy (non-hydrogen) atoms. The van der Waals surface area contributed by atoms with Gasteiger partial charge in [0.15, 0.2) is 0 Å². The number of hydrogen-bond donors (Lipinski definition) is 2. The van der Waals surface area contributed by atoms with E-state index in [0.717, 1.165) is 16.3 Å². The highest BCUT2D eigenvalue weighted by Crippen LogP contribution is 2.11. The molecule has 94 valence electrons. The normalized spacial score (nSPS) is 12.1. The molecule has 2 rings (SSSR count). The van der Waals surface area contributed by atoms with Crippen molar-refractivity contribution in [2.24, 2.45) is 5.73 Å². The summed E-state index contributed by atoms with van der Waals surface area (Å²) in [7, 11) is 0.